The van der Waals surface area contributed by atoms with Crippen molar-refractivity contribution >= 4 is 23.3 Å². The lowest BCUT2D eigenvalue weighted by Gasteiger charge is -2.33. The van der Waals surface area contributed by atoms with Crippen LogP contribution in [-0.2, 0) is 9.59 Å². The molecular weight excluding hydrogens is 310 g/mol. The molecule has 1 atom stereocenters. The Bertz CT molecular complexity index is 640. The molecule has 1 heterocycles. The molecule has 1 aliphatic rings. The number of rotatable bonds is 8. The molecule has 6 nitrogen and oxygen atoms in total. The summed E-state index contributed by atoms with van der Waals surface area (Å²) in [5.74, 6) is -0.795. The third-order valence-corrected chi connectivity index (χ3v) is 4.04. The van der Waals surface area contributed by atoms with Crippen molar-refractivity contribution in [1.82, 2.24) is 0 Å². The van der Waals surface area contributed by atoms with Crippen molar-refractivity contribution in [3.8, 4) is 5.75 Å². The molecule has 0 bridgehead atoms. The second kappa shape index (κ2) is 7.95. The van der Waals surface area contributed by atoms with Crippen LogP contribution >= 0.6 is 0 Å². The summed E-state index contributed by atoms with van der Waals surface area (Å²) in [6.45, 7) is 4.39. The van der Waals surface area contributed by atoms with E-state index in [4.69, 9.17) is 9.84 Å². The van der Waals surface area contributed by atoms with Crippen LogP contribution in [-0.4, -0.2) is 35.4 Å². The van der Waals surface area contributed by atoms with Crippen molar-refractivity contribution in [2.24, 2.45) is 0 Å². The van der Waals surface area contributed by atoms with Crippen LogP contribution in [0.4, 0.5) is 5.69 Å². The predicted molar refractivity (Wildman–Crippen MR) is 89.6 cm³/mol. The lowest BCUT2D eigenvalue weighted by atomic mass is 10.0. The molecule has 2 rings (SSSR count). The smallest absolute Gasteiger partial charge is 0.303 e. The van der Waals surface area contributed by atoms with Gasteiger partial charge >= 0.3 is 5.97 Å². The molecule has 1 aliphatic heterocycles. The Morgan fingerprint density at radius 3 is 2.67 bits per heavy atom. The van der Waals surface area contributed by atoms with Crippen molar-refractivity contribution in [2.75, 3.05) is 11.4 Å². The maximum absolute atomic E-state index is 12.4. The van der Waals surface area contributed by atoms with Crippen molar-refractivity contribution < 1.29 is 24.2 Å². The van der Waals surface area contributed by atoms with Gasteiger partial charge in [0, 0.05) is 18.5 Å². The summed E-state index contributed by atoms with van der Waals surface area (Å²) in [5.41, 5.74) is 0.997. The lowest BCUT2D eigenvalue weighted by molar-refractivity contribution is -0.137. The van der Waals surface area contributed by atoms with E-state index in [1.54, 1.807) is 30.0 Å². The molecule has 1 amide bonds. The van der Waals surface area contributed by atoms with Gasteiger partial charge < -0.3 is 14.7 Å². The number of unbranched alkanes of at least 4 members (excludes halogenated alkanes) is 2. The van der Waals surface area contributed by atoms with Gasteiger partial charge in [-0.25, -0.2) is 0 Å². The number of hydrogen-bond donors (Lipinski definition) is 1. The van der Waals surface area contributed by atoms with Gasteiger partial charge in [0.25, 0.3) is 5.91 Å². The second-order valence-electron chi connectivity index (χ2n) is 5.96. The first kappa shape index (κ1) is 18.0. The van der Waals surface area contributed by atoms with E-state index >= 15 is 0 Å². The van der Waals surface area contributed by atoms with Crippen LogP contribution in [0.3, 0.4) is 0 Å². The van der Waals surface area contributed by atoms with Gasteiger partial charge in [-0.1, -0.05) is 19.8 Å². The van der Waals surface area contributed by atoms with Crippen molar-refractivity contribution in [2.45, 2.75) is 52.1 Å². The average molecular weight is 333 g/mol. The molecule has 1 N–H and O–H groups in total. The van der Waals surface area contributed by atoms with Gasteiger partial charge in [0.1, 0.15) is 5.75 Å². The number of benzene rings is 1. The summed E-state index contributed by atoms with van der Waals surface area (Å²) >= 11 is 0. The van der Waals surface area contributed by atoms with Gasteiger partial charge in [0.15, 0.2) is 11.9 Å². The quantitative estimate of drug-likeness (QED) is 0.584. The molecule has 1 unspecified atom stereocenters. The molecular formula is C18H23NO5. The highest BCUT2D eigenvalue weighted by molar-refractivity contribution is 6.03. The van der Waals surface area contributed by atoms with Gasteiger partial charge in [-0.15, -0.1) is 0 Å². The van der Waals surface area contributed by atoms with Crippen LogP contribution in [0.25, 0.3) is 0 Å². The number of ketones is 1. The minimum Gasteiger partial charge on any atom is -0.481 e. The largest absolute Gasteiger partial charge is 0.481 e. The Balaban J connectivity index is 2.24. The summed E-state index contributed by atoms with van der Waals surface area (Å²) < 4.78 is 5.62. The van der Waals surface area contributed by atoms with Gasteiger partial charge in [0.2, 0.25) is 0 Å². The normalized spacial score (nSPS) is 16.5. The third-order valence-electron chi connectivity index (χ3n) is 4.04. The predicted octanol–water partition coefficient (Wildman–Crippen LogP) is 3.04. The highest BCUT2D eigenvalue weighted by atomic mass is 16.5. The molecule has 0 spiro atoms. The topological polar surface area (TPSA) is 83.9 Å². The number of carboxylic acids is 1. The number of aliphatic carboxylic acids is 1. The van der Waals surface area contributed by atoms with Gasteiger partial charge in [0.05, 0.1) is 12.1 Å². The Morgan fingerprint density at radius 2 is 2.00 bits per heavy atom. The lowest BCUT2D eigenvalue weighted by Crippen LogP contribution is -2.45. The Hall–Kier alpha value is -2.37. The minimum atomic E-state index is -1.00. The molecule has 0 radical (unpaired) electrons. The van der Waals surface area contributed by atoms with E-state index in [2.05, 4.69) is 6.92 Å². The van der Waals surface area contributed by atoms with Crippen molar-refractivity contribution in [1.29, 1.82) is 0 Å². The second-order valence-corrected chi connectivity index (χ2v) is 5.96. The van der Waals surface area contributed by atoms with Crippen molar-refractivity contribution in [3.63, 3.8) is 0 Å². The van der Waals surface area contributed by atoms with E-state index in [0.29, 0.717) is 23.5 Å². The van der Waals surface area contributed by atoms with Crippen LogP contribution < -0.4 is 9.64 Å². The van der Waals surface area contributed by atoms with E-state index in [1.807, 2.05) is 0 Å². The van der Waals surface area contributed by atoms with Crippen LogP contribution in [0.15, 0.2) is 18.2 Å². The molecule has 0 saturated carbocycles. The fourth-order valence-electron chi connectivity index (χ4n) is 2.70. The van der Waals surface area contributed by atoms with E-state index < -0.39 is 12.1 Å². The number of fused-ring (bicyclic) bond motifs is 1. The number of ether oxygens (including phenoxy) is 1. The SMILES string of the molecule is CCCCCN1C(=O)C(C)Oc2ccc(C(=O)CCC(=O)O)cc21. The van der Waals surface area contributed by atoms with Crippen LogP contribution in [0, 0.1) is 0 Å². The van der Waals surface area contributed by atoms with Gasteiger partial charge in [-0.3, -0.25) is 14.4 Å². The first-order valence-corrected chi connectivity index (χ1v) is 8.31. The molecule has 1 aromatic carbocycles. The number of Topliss-reactive ketones (excluding diaryl/α,β-unsaturated/α-hetero) is 1. The van der Waals surface area contributed by atoms with E-state index in [0.717, 1.165) is 19.3 Å². The summed E-state index contributed by atoms with van der Waals surface area (Å²) in [7, 11) is 0. The molecule has 0 aromatic heterocycles. The van der Waals surface area contributed by atoms with Crippen LogP contribution in [0.2, 0.25) is 0 Å². The molecule has 0 aliphatic carbocycles. The molecule has 24 heavy (non-hydrogen) atoms. The number of carboxylic acid groups (broad SMARTS) is 1. The number of carbonyl (C=O) groups excluding carboxylic acids is 2. The standard InChI is InChI=1S/C18H23NO5/c1-3-4-5-10-19-14-11-13(15(20)7-9-17(21)22)6-8-16(14)24-12(2)18(19)23/h6,8,11-12H,3-5,7,9-10H2,1-2H3,(H,21,22). The fraction of sp³-hybridized carbons (Fsp3) is 0.500. The highest BCUT2D eigenvalue weighted by Crippen LogP contribution is 2.35. The van der Waals surface area contributed by atoms with Crippen molar-refractivity contribution in [3.05, 3.63) is 23.8 Å². The zero-order valence-corrected chi connectivity index (χ0v) is 14.1. The number of amides is 1. The molecule has 1 aromatic rings. The molecule has 130 valence electrons. The average Bonchev–Trinajstić information content (AvgIpc) is 2.55. The summed E-state index contributed by atoms with van der Waals surface area (Å²) in [4.78, 5) is 36.9. The first-order valence-electron chi connectivity index (χ1n) is 8.31. The number of nitrogens with zero attached hydrogens (tertiary/aromatic N) is 1. The maximum Gasteiger partial charge on any atom is 0.303 e. The van der Waals surface area contributed by atoms with Gasteiger partial charge in [-0.2, -0.15) is 0 Å². The number of carbonyl (C=O) groups is 3. The molecule has 6 heteroatoms. The maximum atomic E-state index is 12.4. The third kappa shape index (κ3) is 4.13. The van der Waals surface area contributed by atoms with E-state index in [-0.39, 0.29) is 24.5 Å². The minimum absolute atomic E-state index is 0.0604. The van der Waals surface area contributed by atoms with Crippen LogP contribution in [0.1, 0.15) is 56.3 Å². The fourth-order valence-corrected chi connectivity index (χ4v) is 2.70. The Kier molecular flexibility index (Phi) is 5.95. The van der Waals surface area contributed by atoms with E-state index in [1.165, 1.54) is 0 Å². The zero-order valence-electron chi connectivity index (χ0n) is 14.1. The summed E-state index contributed by atoms with van der Waals surface area (Å²) in [5, 5.41) is 8.70. The summed E-state index contributed by atoms with van der Waals surface area (Å²) in [6.07, 6.45) is 2.14. The first-order chi connectivity index (χ1) is 11.4. The Morgan fingerprint density at radius 1 is 1.25 bits per heavy atom. The molecule has 0 fully saturated rings. The number of hydrogen-bond acceptors (Lipinski definition) is 4. The zero-order chi connectivity index (χ0) is 17.7. The van der Waals surface area contributed by atoms with E-state index in [9.17, 15) is 14.4 Å². The highest BCUT2D eigenvalue weighted by Gasteiger charge is 2.31. The molecule has 0 saturated heterocycles. The van der Waals surface area contributed by atoms with Gasteiger partial charge in [-0.05, 0) is 31.5 Å². The number of anilines is 1. The monoisotopic (exact) mass is 333 g/mol. The summed E-state index contributed by atoms with van der Waals surface area (Å²) in [6, 6.07) is 4.93. The Labute approximate surface area is 141 Å². The van der Waals surface area contributed by atoms with Crippen LogP contribution in [0.5, 0.6) is 5.75 Å².